The lowest BCUT2D eigenvalue weighted by Crippen LogP contribution is -2.13. The molecule has 0 amide bonds. The molecule has 1 aromatic carbocycles. The van der Waals surface area contributed by atoms with Crippen molar-refractivity contribution in [2.24, 2.45) is 0 Å². The van der Waals surface area contributed by atoms with Crippen LogP contribution in [0.3, 0.4) is 0 Å². The van der Waals surface area contributed by atoms with E-state index in [0.29, 0.717) is 6.42 Å². The van der Waals surface area contributed by atoms with Crippen LogP contribution >= 0.6 is 11.6 Å². The molecule has 0 aromatic heterocycles. The predicted octanol–water partition coefficient (Wildman–Crippen LogP) is 4.36. The third kappa shape index (κ3) is 4.24. The summed E-state index contributed by atoms with van der Waals surface area (Å²) >= 11 is 5.72. The largest absolute Gasteiger partial charge is 0.480 e. The predicted molar refractivity (Wildman–Crippen MR) is 77.9 cm³/mol. The number of benzene rings is 1. The maximum absolute atomic E-state index is 10.6. The van der Waals surface area contributed by atoms with E-state index in [-0.39, 0.29) is 0 Å². The molecule has 1 atom stereocenters. The molecule has 1 unspecified atom stereocenters. The Labute approximate surface area is 119 Å². The lowest BCUT2D eigenvalue weighted by Gasteiger charge is -2.22. The van der Waals surface area contributed by atoms with Gasteiger partial charge in [-0.05, 0) is 42.7 Å². The van der Waals surface area contributed by atoms with E-state index < -0.39 is 11.3 Å². The summed E-state index contributed by atoms with van der Waals surface area (Å²) in [5.41, 5.74) is 2.61. The van der Waals surface area contributed by atoms with Crippen molar-refractivity contribution in [2.45, 2.75) is 56.2 Å². The number of carboxylic acid groups (broad SMARTS) is 1. The molecule has 2 rings (SSSR count). The molecule has 1 saturated carbocycles. The van der Waals surface area contributed by atoms with Crippen LogP contribution in [-0.2, 0) is 11.2 Å². The van der Waals surface area contributed by atoms with Crippen molar-refractivity contribution in [3.8, 4) is 0 Å². The number of aryl methyl sites for hydroxylation is 1. The van der Waals surface area contributed by atoms with E-state index in [2.05, 4.69) is 24.3 Å². The highest BCUT2D eigenvalue weighted by Gasteiger charge is 2.16. The standard InChI is InChI=1S/C16H21ClO2/c17-15(16(18)19)11-8-12-6-9-14(10-7-12)13-4-2-1-3-5-13/h6-7,9-10,13,15H,1-5,8,11H2,(H,18,19). The zero-order valence-corrected chi connectivity index (χ0v) is 11.9. The lowest BCUT2D eigenvalue weighted by molar-refractivity contribution is -0.136. The number of alkyl halides is 1. The summed E-state index contributed by atoms with van der Waals surface area (Å²) in [5.74, 6) is -0.205. The molecule has 0 heterocycles. The van der Waals surface area contributed by atoms with Crippen molar-refractivity contribution >= 4 is 17.6 Å². The Morgan fingerprint density at radius 2 is 1.84 bits per heavy atom. The number of hydrogen-bond acceptors (Lipinski definition) is 1. The van der Waals surface area contributed by atoms with Gasteiger partial charge in [0.25, 0.3) is 0 Å². The van der Waals surface area contributed by atoms with Gasteiger partial charge in [0, 0.05) is 0 Å². The fourth-order valence-electron chi connectivity index (χ4n) is 2.81. The Morgan fingerprint density at radius 1 is 1.21 bits per heavy atom. The molecule has 0 saturated heterocycles. The monoisotopic (exact) mass is 280 g/mol. The number of aliphatic carboxylic acids is 1. The van der Waals surface area contributed by atoms with Crippen molar-refractivity contribution in [3.05, 3.63) is 35.4 Å². The molecule has 0 bridgehead atoms. The highest BCUT2D eigenvalue weighted by molar-refractivity contribution is 6.29. The Morgan fingerprint density at radius 3 is 2.42 bits per heavy atom. The second kappa shape index (κ2) is 6.95. The number of carboxylic acids is 1. The first-order valence-corrected chi connectivity index (χ1v) is 7.56. The fraction of sp³-hybridized carbons (Fsp3) is 0.562. The topological polar surface area (TPSA) is 37.3 Å². The minimum Gasteiger partial charge on any atom is -0.480 e. The molecule has 0 radical (unpaired) electrons. The van der Waals surface area contributed by atoms with Crippen LogP contribution in [0.4, 0.5) is 0 Å². The van der Waals surface area contributed by atoms with E-state index in [0.717, 1.165) is 12.3 Å². The molecule has 3 heteroatoms. The summed E-state index contributed by atoms with van der Waals surface area (Å²) in [5, 5.41) is 7.96. The summed E-state index contributed by atoms with van der Waals surface area (Å²) in [6.45, 7) is 0. The van der Waals surface area contributed by atoms with Crippen molar-refractivity contribution in [3.63, 3.8) is 0 Å². The summed E-state index contributed by atoms with van der Waals surface area (Å²) in [6.07, 6.45) is 7.90. The number of rotatable bonds is 5. The van der Waals surface area contributed by atoms with E-state index in [1.807, 2.05) is 0 Å². The molecule has 1 N–H and O–H groups in total. The van der Waals surface area contributed by atoms with Crippen molar-refractivity contribution < 1.29 is 9.90 Å². The second-order valence-electron chi connectivity index (χ2n) is 5.42. The van der Waals surface area contributed by atoms with E-state index in [1.54, 1.807) is 0 Å². The molecular weight excluding hydrogens is 260 g/mol. The molecule has 1 aromatic rings. The van der Waals surface area contributed by atoms with E-state index in [4.69, 9.17) is 16.7 Å². The van der Waals surface area contributed by atoms with Crippen molar-refractivity contribution in [2.75, 3.05) is 0 Å². The number of hydrogen-bond donors (Lipinski definition) is 1. The molecule has 1 aliphatic carbocycles. The second-order valence-corrected chi connectivity index (χ2v) is 5.95. The lowest BCUT2D eigenvalue weighted by atomic mass is 9.84. The maximum atomic E-state index is 10.6. The van der Waals surface area contributed by atoms with Gasteiger partial charge in [0.15, 0.2) is 0 Å². The van der Waals surface area contributed by atoms with Crippen LogP contribution in [0.25, 0.3) is 0 Å². The van der Waals surface area contributed by atoms with Gasteiger partial charge < -0.3 is 5.11 Å². The van der Waals surface area contributed by atoms with Crippen LogP contribution in [0.15, 0.2) is 24.3 Å². The minimum absolute atomic E-state index is 0.486. The Balaban J connectivity index is 1.89. The van der Waals surface area contributed by atoms with Gasteiger partial charge in [-0.3, -0.25) is 4.79 Å². The van der Waals surface area contributed by atoms with Gasteiger partial charge in [-0.1, -0.05) is 43.5 Å². The van der Waals surface area contributed by atoms with Crippen LogP contribution in [0, 0.1) is 0 Å². The van der Waals surface area contributed by atoms with Crippen molar-refractivity contribution in [1.82, 2.24) is 0 Å². The summed E-state index contributed by atoms with van der Waals surface area (Å²) in [6, 6.07) is 8.65. The van der Waals surface area contributed by atoms with Crippen LogP contribution in [0.5, 0.6) is 0 Å². The highest BCUT2D eigenvalue weighted by Crippen LogP contribution is 2.32. The SMILES string of the molecule is O=C(O)C(Cl)CCc1ccc(C2CCCCC2)cc1. The average Bonchev–Trinajstić information content (AvgIpc) is 2.46. The number of carbonyl (C=O) groups is 1. The Hall–Kier alpha value is -1.02. The van der Waals surface area contributed by atoms with Crippen LogP contribution in [-0.4, -0.2) is 16.5 Å². The summed E-state index contributed by atoms with van der Waals surface area (Å²) in [7, 11) is 0. The minimum atomic E-state index is -0.930. The normalized spacial score (nSPS) is 18.2. The third-order valence-electron chi connectivity index (χ3n) is 4.01. The molecule has 1 fully saturated rings. The third-order valence-corrected chi connectivity index (χ3v) is 4.42. The van der Waals surface area contributed by atoms with Gasteiger partial charge in [0.1, 0.15) is 5.38 Å². The zero-order chi connectivity index (χ0) is 13.7. The summed E-state index contributed by atoms with van der Waals surface area (Å²) in [4.78, 5) is 10.6. The maximum Gasteiger partial charge on any atom is 0.321 e. The Bertz CT molecular complexity index is 407. The molecule has 104 valence electrons. The van der Waals surface area contributed by atoms with E-state index in [9.17, 15) is 4.79 Å². The molecule has 0 aliphatic heterocycles. The number of halogens is 1. The quantitative estimate of drug-likeness (QED) is 0.814. The van der Waals surface area contributed by atoms with Gasteiger partial charge in [0.2, 0.25) is 0 Å². The van der Waals surface area contributed by atoms with Crippen LogP contribution < -0.4 is 0 Å². The van der Waals surface area contributed by atoms with Gasteiger partial charge >= 0.3 is 5.97 Å². The summed E-state index contributed by atoms with van der Waals surface area (Å²) < 4.78 is 0. The first kappa shape index (κ1) is 14.4. The zero-order valence-electron chi connectivity index (χ0n) is 11.1. The van der Waals surface area contributed by atoms with Gasteiger partial charge in [-0.2, -0.15) is 0 Å². The Kier molecular flexibility index (Phi) is 5.26. The molecular formula is C16H21ClO2. The van der Waals surface area contributed by atoms with Gasteiger partial charge in [-0.25, -0.2) is 0 Å². The van der Waals surface area contributed by atoms with E-state index in [1.165, 1.54) is 43.2 Å². The first-order valence-electron chi connectivity index (χ1n) is 7.12. The van der Waals surface area contributed by atoms with Gasteiger partial charge in [-0.15, -0.1) is 11.6 Å². The molecule has 19 heavy (non-hydrogen) atoms. The van der Waals surface area contributed by atoms with Crippen LogP contribution in [0.2, 0.25) is 0 Å². The van der Waals surface area contributed by atoms with Crippen LogP contribution in [0.1, 0.15) is 55.6 Å². The average molecular weight is 281 g/mol. The highest BCUT2D eigenvalue weighted by atomic mass is 35.5. The first-order chi connectivity index (χ1) is 9.16. The molecule has 2 nitrogen and oxygen atoms in total. The fourth-order valence-corrected chi connectivity index (χ4v) is 2.92. The van der Waals surface area contributed by atoms with E-state index >= 15 is 0 Å². The van der Waals surface area contributed by atoms with Crippen molar-refractivity contribution in [1.29, 1.82) is 0 Å². The smallest absolute Gasteiger partial charge is 0.321 e. The molecule has 1 aliphatic rings. The van der Waals surface area contributed by atoms with Gasteiger partial charge in [0.05, 0.1) is 0 Å². The molecule has 0 spiro atoms.